The number of urea groups is 1. The summed E-state index contributed by atoms with van der Waals surface area (Å²) in [6, 6.07) is 6.89. The molecule has 1 aliphatic rings. The number of aliphatic hydroxyl groups is 1. The Labute approximate surface area is 146 Å². The van der Waals surface area contributed by atoms with E-state index in [0.29, 0.717) is 12.0 Å². The number of hydrogen-bond donors (Lipinski definition) is 2. The van der Waals surface area contributed by atoms with Gasteiger partial charge in [0, 0.05) is 25.7 Å². The first kappa shape index (κ1) is 18.8. The fourth-order valence-corrected chi connectivity index (χ4v) is 3.65. The number of carbonyl (C=O) groups excluding carboxylic acids is 1. The van der Waals surface area contributed by atoms with E-state index in [1.807, 2.05) is 11.9 Å². The third kappa shape index (κ3) is 4.97. The number of nitrogens with one attached hydrogen (secondary N) is 1. The first-order chi connectivity index (χ1) is 11.4. The number of rotatable bonds is 5. The summed E-state index contributed by atoms with van der Waals surface area (Å²) in [4.78, 5) is 14.4. The van der Waals surface area contributed by atoms with Crippen molar-refractivity contribution in [1.82, 2.24) is 10.2 Å². The van der Waals surface area contributed by atoms with Gasteiger partial charge in [0.15, 0.2) is 0 Å². The molecule has 1 unspecified atom stereocenters. The number of aryl methyl sites for hydroxylation is 2. The van der Waals surface area contributed by atoms with E-state index in [1.165, 1.54) is 16.7 Å². The smallest absolute Gasteiger partial charge is 0.317 e. The Kier molecular flexibility index (Phi) is 6.67. The van der Waals surface area contributed by atoms with Crippen LogP contribution in [0.1, 0.15) is 49.3 Å². The largest absolute Gasteiger partial charge is 0.396 e. The Hall–Kier alpha value is -1.55. The topological polar surface area (TPSA) is 52.6 Å². The van der Waals surface area contributed by atoms with Crippen LogP contribution in [0.2, 0.25) is 0 Å². The van der Waals surface area contributed by atoms with Crippen molar-refractivity contribution in [2.24, 2.45) is 5.92 Å². The number of carbonyl (C=O) groups is 1. The third-order valence-corrected chi connectivity index (χ3v) is 5.34. The van der Waals surface area contributed by atoms with E-state index >= 15 is 0 Å². The van der Waals surface area contributed by atoms with Gasteiger partial charge in [-0.15, -0.1) is 0 Å². The normalized spacial score (nSPS) is 22.0. The number of benzene rings is 1. The second-order valence-corrected chi connectivity index (χ2v) is 7.45. The molecule has 4 nitrogen and oxygen atoms in total. The molecule has 2 rings (SSSR count). The summed E-state index contributed by atoms with van der Waals surface area (Å²) in [5, 5.41) is 12.4. The minimum Gasteiger partial charge on any atom is -0.396 e. The lowest BCUT2D eigenvalue weighted by Gasteiger charge is -2.34. The Balaban J connectivity index is 1.84. The fraction of sp³-hybridized carbons (Fsp3) is 0.650. The zero-order valence-corrected chi connectivity index (χ0v) is 15.5. The molecule has 1 saturated carbocycles. The molecule has 4 heteroatoms. The van der Waals surface area contributed by atoms with Crippen LogP contribution in [0, 0.1) is 19.8 Å². The maximum Gasteiger partial charge on any atom is 0.317 e. The molecule has 24 heavy (non-hydrogen) atoms. The maximum absolute atomic E-state index is 12.5. The van der Waals surface area contributed by atoms with Gasteiger partial charge in [0.05, 0.1) is 0 Å². The van der Waals surface area contributed by atoms with Crippen LogP contribution in [0.25, 0.3) is 0 Å². The summed E-state index contributed by atoms with van der Waals surface area (Å²) in [6.45, 7) is 6.56. The Bertz CT molecular complexity index is 551. The SMILES string of the molecule is Cc1ccc(CC(C)NC(=O)N(C)C2CCC(CO)CC2)c(C)c1. The van der Waals surface area contributed by atoms with Crippen molar-refractivity contribution in [3.05, 3.63) is 34.9 Å². The highest BCUT2D eigenvalue weighted by Crippen LogP contribution is 2.26. The van der Waals surface area contributed by atoms with Crippen LogP contribution < -0.4 is 5.32 Å². The van der Waals surface area contributed by atoms with Crippen LogP contribution >= 0.6 is 0 Å². The molecule has 0 saturated heterocycles. The molecule has 1 aromatic carbocycles. The highest BCUT2D eigenvalue weighted by atomic mass is 16.3. The minimum absolute atomic E-state index is 0.0136. The summed E-state index contributed by atoms with van der Waals surface area (Å²) in [5.74, 6) is 0.418. The van der Waals surface area contributed by atoms with Gasteiger partial charge in [-0.3, -0.25) is 0 Å². The average molecular weight is 332 g/mol. The van der Waals surface area contributed by atoms with Gasteiger partial charge in [-0.25, -0.2) is 4.79 Å². The van der Waals surface area contributed by atoms with E-state index in [4.69, 9.17) is 0 Å². The van der Waals surface area contributed by atoms with E-state index in [-0.39, 0.29) is 18.7 Å². The van der Waals surface area contributed by atoms with Gasteiger partial charge in [0.25, 0.3) is 0 Å². The molecule has 1 atom stereocenters. The van der Waals surface area contributed by atoms with Crippen LogP contribution in [-0.4, -0.2) is 41.8 Å². The lowest BCUT2D eigenvalue weighted by Crippen LogP contribution is -2.48. The number of hydrogen-bond acceptors (Lipinski definition) is 2. The molecule has 0 heterocycles. The monoisotopic (exact) mass is 332 g/mol. The second-order valence-electron chi connectivity index (χ2n) is 7.45. The van der Waals surface area contributed by atoms with Crippen molar-refractivity contribution in [3.63, 3.8) is 0 Å². The van der Waals surface area contributed by atoms with Crippen molar-refractivity contribution in [2.75, 3.05) is 13.7 Å². The van der Waals surface area contributed by atoms with E-state index < -0.39 is 0 Å². The van der Waals surface area contributed by atoms with E-state index in [2.05, 4.69) is 44.3 Å². The van der Waals surface area contributed by atoms with Crippen LogP contribution in [0.15, 0.2) is 18.2 Å². The lowest BCUT2D eigenvalue weighted by atomic mass is 9.86. The highest BCUT2D eigenvalue weighted by Gasteiger charge is 2.26. The maximum atomic E-state index is 12.5. The predicted octanol–water partition coefficient (Wildman–Crippen LogP) is 3.43. The fourth-order valence-electron chi connectivity index (χ4n) is 3.65. The Morgan fingerprint density at radius 3 is 2.54 bits per heavy atom. The van der Waals surface area contributed by atoms with Crippen molar-refractivity contribution < 1.29 is 9.90 Å². The molecule has 2 N–H and O–H groups in total. The van der Waals surface area contributed by atoms with Crippen LogP contribution in [0.3, 0.4) is 0 Å². The first-order valence-electron chi connectivity index (χ1n) is 9.11. The molecule has 1 aliphatic carbocycles. The summed E-state index contributed by atoms with van der Waals surface area (Å²) in [5.41, 5.74) is 3.84. The molecule has 134 valence electrons. The minimum atomic E-state index is 0.0136. The molecule has 0 aliphatic heterocycles. The average Bonchev–Trinajstić information content (AvgIpc) is 2.56. The van der Waals surface area contributed by atoms with Crippen LogP contribution in [0.5, 0.6) is 0 Å². The predicted molar refractivity (Wildman–Crippen MR) is 98.2 cm³/mol. The molecule has 0 aromatic heterocycles. The van der Waals surface area contributed by atoms with E-state index in [1.54, 1.807) is 0 Å². The van der Waals surface area contributed by atoms with Crippen molar-refractivity contribution >= 4 is 6.03 Å². The quantitative estimate of drug-likeness (QED) is 0.868. The zero-order valence-electron chi connectivity index (χ0n) is 15.5. The summed E-state index contributed by atoms with van der Waals surface area (Å²) >= 11 is 0. The summed E-state index contributed by atoms with van der Waals surface area (Å²) in [6.07, 6.45) is 4.85. The van der Waals surface area contributed by atoms with Gasteiger partial charge >= 0.3 is 6.03 Å². The van der Waals surface area contributed by atoms with Gasteiger partial charge in [0.1, 0.15) is 0 Å². The molecular weight excluding hydrogens is 300 g/mol. The molecule has 0 bridgehead atoms. The van der Waals surface area contributed by atoms with Gasteiger partial charge in [0.2, 0.25) is 0 Å². The highest BCUT2D eigenvalue weighted by molar-refractivity contribution is 5.74. The number of nitrogens with zero attached hydrogens (tertiary/aromatic N) is 1. The van der Waals surface area contributed by atoms with Crippen LogP contribution in [0.4, 0.5) is 4.79 Å². The second kappa shape index (κ2) is 8.52. The number of aliphatic hydroxyl groups excluding tert-OH is 1. The molecular formula is C20H32N2O2. The van der Waals surface area contributed by atoms with Gasteiger partial charge in [-0.2, -0.15) is 0 Å². The summed E-state index contributed by atoms with van der Waals surface area (Å²) < 4.78 is 0. The van der Waals surface area contributed by atoms with Crippen LogP contribution in [-0.2, 0) is 6.42 Å². The van der Waals surface area contributed by atoms with E-state index in [0.717, 1.165) is 32.1 Å². The van der Waals surface area contributed by atoms with Crippen molar-refractivity contribution in [3.8, 4) is 0 Å². The third-order valence-electron chi connectivity index (χ3n) is 5.34. The molecule has 1 fully saturated rings. The first-order valence-corrected chi connectivity index (χ1v) is 9.11. The molecule has 0 radical (unpaired) electrons. The Morgan fingerprint density at radius 2 is 1.96 bits per heavy atom. The molecule has 2 amide bonds. The van der Waals surface area contributed by atoms with Crippen molar-refractivity contribution in [1.29, 1.82) is 0 Å². The lowest BCUT2D eigenvalue weighted by molar-refractivity contribution is 0.133. The standard InChI is InChI=1S/C20H32N2O2/c1-14-5-8-18(15(2)11-14)12-16(3)21-20(24)22(4)19-9-6-17(13-23)7-10-19/h5,8,11,16-17,19,23H,6-7,9-10,12-13H2,1-4H3,(H,21,24). The molecule has 1 aromatic rings. The van der Waals surface area contributed by atoms with Crippen molar-refractivity contribution in [2.45, 2.75) is 65.0 Å². The van der Waals surface area contributed by atoms with E-state index in [9.17, 15) is 9.90 Å². The molecule has 0 spiro atoms. The van der Waals surface area contributed by atoms with Gasteiger partial charge in [-0.1, -0.05) is 23.8 Å². The van der Waals surface area contributed by atoms with Gasteiger partial charge < -0.3 is 15.3 Å². The van der Waals surface area contributed by atoms with Gasteiger partial charge in [-0.05, 0) is 69.9 Å². The zero-order chi connectivity index (χ0) is 17.7. The Morgan fingerprint density at radius 1 is 1.29 bits per heavy atom. The number of amides is 2. The summed E-state index contributed by atoms with van der Waals surface area (Å²) in [7, 11) is 1.89.